The van der Waals surface area contributed by atoms with Crippen LogP contribution < -0.4 is 10.2 Å². The van der Waals surface area contributed by atoms with Crippen molar-refractivity contribution in [2.75, 3.05) is 23.8 Å². The summed E-state index contributed by atoms with van der Waals surface area (Å²) in [6.07, 6.45) is 1.04. The number of aromatic nitrogens is 1. The maximum atomic E-state index is 4.82. The molecule has 1 aliphatic heterocycles. The third-order valence-corrected chi connectivity index (χ3v) is 4.07. The van der Waals surface area contributed by atoms with Gasteiger partial charge in [0.15, 0.2) is 0 Å². The van der Waals surface area contributed by atoms with Crippen molar-refractivity contribution in [3.05, 3.63) is 60.2 Å². The summed E-state index contributed by atoms with van der Waals surface area (Å²) in [7, 11) is 2.11. The molecule has 2 heterocycles. The second-order valence-electron chi connectivity index (χ2n) is 5.47. The molecule has 0 fully saturated rings. The first-order valence-electron chi connectivity index (χ1n) is 7.28. The Hall–Kier alpha value is -2.55. The quantitative estimate of drug-likeness (QED) is 0.767. The zero-order chi connectivity index (χ0) is 14.2. The second kappa shape index (κ2) is 4.77. The molecule has 3 nitrogen and oxygen atoms in total. The Morgan fingerprint density at radius 3 is 2.62 bits per heavy atom. The third-order valence-electron chi connectivity index (χ3n) is 4.07. The van der Waals surface area contributed by atoms with Crippen molar-refractivity contribution in [3.63, 3.8) is 0 Å². The van der Waals surface area contributed by atoms with Crippen LogP contribution >= 0.6 is 0 Å². The Kier molecular flexibility index (Phi) is 2.78. The van der Waals surface area contributed by atoms with E-state index in [2.05, 4.69) is 59.7 Å². The zero-order valence-electron chi connectivity index (χ0n) is 12.0. The number of rotatable bonds is 2. The number of likely N-dealkylation sites (N-methyl/N-ethyl adjacent to an activating group) is 1. The largest absolute Gasteiger partial charge is 0.359 e. The van der Waals surface area contributed by atoms with Crippen molar-refractivity contribution in [2.45, 2.75) is 6.42 Å². The van der Waals surface area contributed by atoms with Gasteiger partial charge in [0.05, 0.1) is 11.2 Å². The minimum atomic E-state index is 1.03. The molecule has 0 amide bonds. The molecule has 3 aromatic rings. The normalized spacial score (nSPS) is 13.5. The highest BCUT2D eigenvalue weighted by Gasteiger charge is 2.23. The van der Waals surface area contributed by atoms with Gasteiger partial charge in [-0.05, 0) is 24.6 Å². The number of hydrogen-bond acceptors (Lipinski definition) is 3. The van der Waals surface area contributed by atoms with E-state index in [4.69, 9.17) is 4.98 Å². The second-order valence-corrected chi connectivity index (χ2v) is 5.47. The van der Waals surface area contributed by atoms with Gasteiger partial charge in [0.25, 0.3) is 0 Å². The van der Waals surface area contributed by atoms with Gasteiger partial charge in [0.2, 0.25) is 0 Å². The lowest BCUT2D eigenvalue weighted by Gasteiger charge is -2.16. The van der Waals surface area contributed by atoms with E-state index in [1.54, 1.807) is 0 Å². The zero-order valence-corrected chi connectivity index (χ0v) is 12.0. The summed E-state index contributed by atoms with van der Waals surface area (Å²) in [5, 5.41) is 4.79. The highest BCUT2D eigenvalue weighted by Crippen LogP contribution is 2.38. The molecule has 21 heavy (non-hydrogen) atoms. The lowest BCUT2D eigenvalue weighted by molar-refractivity contribution is 0.947. The van der Waals surface area contributed by atoms with E-state index in [1.165, 1.54) is 16.6 Å². The molecule has 1 N–H and O–H groups in total. The highest BCUT2D eigenvalue weighted by molar-refractivity contribution is 5.97. The van der Waals surface area contributed by atoms with Gasteiger partial charge in [-0.2, -0.15) is 0 Å². The molecular formula is C18H17N3. The number of fused-ring (bicyclic) bond motifs is 2. The summed E-state index contributed by atoms with van der Waals surface area (Å²) >= 11 is 0. The fourth-order valence-corrected chi connectivity index (χ4v) is 2.99. The Labute approximate surface area is 124 Å². The number of nitrogens with zero attached hydrogens (tertiary/aromatic N) is 2. The molecule has 2 aromatic carbocycles. The van der Waals surface area contributed by atoms with Crippen molar-refractivity contribution in [1.82, 2.24) is 4.98 Å². The predicted molar refractivity (Wildman–Crippen MR) is 88.4 cm³/mol. The lowest BCUT2D eigenvalue weighted by atomic mass is 10.1. The van der Waals surface area contributed by atoms with Gasteiger partial charge in [-0.3, -0.25) is 0 Å². The van der Waals surface area contributed by atoms with E-state index in [9.17, 15) is 0 Å². The summed E-state index contributed by atoms with van der Waals surface area (Å²) in [4.78, 5) is 7.06. The summed E-state index contributed by atoms with van der Waals surface area (Å²) in [5.74, 6) is 1.10. The molecule has 0 unspecified atom stereocenters. The van der Waals surface area contributed by atoms with Crippen LogP contribution in [-0.2, 0) is 6.42 Å². The molecule has 0 aliphatic carbocycles. The molecular weight excluding hydrogens is 258 g/mol. The van der Waals surface area contributed by atoms with E-state index in [-0.39, 0.29) is 0 Å². The van der Waals surface area contributed by atoms with Crippen molar-refractivity contribution < 1.29 is 0 Å². The molecule has 0 radical (unpaired) electrons. The van der Waals surface area contributed by atoms with E-state index >= 15 is 0 Å². The van der Waals surface area contributed by atoms with Crippen LogP contribution in [0.2, 0.25) is 0 Å². The number of para-hydroxylation sites is 2. The van der Waals surface area contributed by atoms with Crippen molar-refractivity contribution in [3.8, 4) is 0 Å². The molecule has 0 saturated carbocycles. The van der Waals surface area contributed by atoms with Crippen molar-refractivity contribution in [2.24, 2.45) is 0 Å². The number of hydrogen-bond donors (Lipinski definition) is 1. The van der Waals surface area contributed by atoms with E-state index in [1.807, 2.05) is 12.1 Å². The Morgan fingerprint density at radius 1 is 1.00 bits per heavy atom. The van der Waals surface area contributed by atoms with Crippen LogP contribution in [0.15, 0.2) is 54.6 Å². The molecule has 0 saturated heterocycles. The fourth-order valence-electron chi connectivity index (χ4n) is 2.99. The van der Waals surface area contributed by atoms with Crippen molar-refractivity contribution >= 4 is 28.1 Å². The van der Waals surface area contributed by atoms with Gasteiger partial charge in [-0.15, -0.1) is 0 Å². The molecule has 1 aromatic heterocycles. The van der Waals surface area contributed by atoms with Crippen LogP contribution in [-0.4, -0.2) is 18.6 Å². The van der Waals surface area contributed by atoms with Gasteiger partial charge in [-0.25, -0.2) is 4.98 Å². The van der Waals surface area contributed by atoms with Gasteiger partial charge in [0.1, 0.15) is 5.82 Å². The fraction of sp³-hybridized carbons (Fsp3) is 0.167. The Bertz CT molecular complexity index is 796. The van der Waals surface area contributed by atoms with Crippen LogP contribution in [0.5, 0.6) is 0 Å². The Morgan fingerprint density at radius 2 is 1.76 bits per heavy atom. The first-order chi connectivity index (χ1) is 10.3. The van der Waals surface area contributed by atoms with E-state index < -0.39 is 0 Å². The van der Waals surface area contributed by atoms with Gasteiger partial charge in [0, 0.05) is 30.2 Å². The number of anilines is 3. The lowest BCUT2D eigenvalue weighted by Crippen LogP contribution is -2.13. The van der Waals surface area contributed by atoms with E-state index in [0.717, 1.165) is 30.0 Å². The van der Waals surface area contributed by atoms with Gasteiger partial charge in [-0.1, -0.05) is 36.4 Å². The third kappa shape index (κ3) is 2.02. The number of pyridine rings is 1. The minimum absolute atomic E-state index is 1.03. The number of benzene rings is 2. The monoisotopic (exact) mass is 275 g/mol. The predicted octanol–water partition coefficient (Wildman–Crippen LogP) is 3.97. The molecule has 4 rings (SSSR count). The molecule has 0 bridgehead atoms. The first-order valence-corrected chi connectivity index (χ1v) is 7.28. The SMILES string of the molecule is CN1CCc2c1nc1ccccc1c2Nc1ccccc1. The first kappa shape index (κ1) is 12.2. The summed E-state index contributed by atoms with van der Waals surface area (Å²) in [5.41, 5.74) is 4.68. The Balaban J connectivity index is 1.94. The number of nitrogens with one attached hydrogen (secondary N) is 1. The van der Waals surface area contributed by atoms with Gasteiger partial charge < -0.3 is 10.2 Å². The van der Waals surface area contributed by atoms with Gasteiger partial charge >= 0.3 is 0 Å². The maximum absolute atomic E-state index is 4.82. The summed E-state index contributed by atoms with van der Waals surface area (Å²) in [6.45, 7) is 1.03. The maximum Gasteiger partial charge on any atom is 0.134 e. The standard InChI is InChI=1S/C18H17N3/c1-21-12-11-15-17(19-13-7-3-2-4-8-13)14-9-5-6-10-16(14)20-18(15)21/h2-10H,11-12H2,1H3,(H,19,20). The smallest absolute Gasteiger partial charge is 0.134 e. The summed E-state index contributed by atoms with van der Waals surface area (Å²) in [6, 6.07) is 18.7. The highest BCUT2D eigenvalue weighted by atomic mass is 15.2. The average molecular weight is 275 g/mol. The van der Waals surface area contributed by atoms with Crippen molar-refractivity contribution in [1.29, 1.82) is 0 Å². The van der Waals surface area contributed by atoms with Crippen LogP contribution in [0.25, 0.3) is 10.9 Å². The van der Waals surface area contributed by atoms with E-state index in [0.29, 0.717) is 0 Å². The van der Waals surface area contributed by atoms with Crippen LogP contribution in [0.3, 0.4) is 0 Å². The minimum Gasteiger partial charge on any atom is -0.359 e. The molecule has 0 spiro atoms. The molecule has 3 heteroatoms. The average Bonchev–Trinajstić information content (AvgIpc) is 2.90. The van der Waals surface area contributed by atoms with Crippen LogP contribution in [0, 0.1) is 0 Å². The topological polar surface area (TPSA) is 28.2 Å². The molecule has 104 valence electrons. The van der Waals surface area contributed by atoms with Crippen LogP contribution in [0.1, 0.15) is 5.56 Å². The molecule has 0 atom stereocenters. The summed E-state index contributed by atoms with van der Waals surface area (Å²) < 4.78 is 0. The van der Waals surface area contributed by atoms with Crippen LogP contribution in [0.4, 0.5) is 17.2 Å². The molecule has 1 aliphatic rings.